The molecule has 2 aliphatic rings. The summed E-state index contributed by atoms with van der Waals surface area (Å²) >= 11 is 0. The highest BCUT2D eigenvalue weighted by Gasteiger charge is 2.43. The molecule has 2 aliphatic carbocycles. The minimum absolute atomic E-state index is 0.550. The van der Waals surface area contributed by atoms with Gasteiger partial charge in [-0.3, -0.25) is 0 Å². The molecule has 2 fully saturated rings. The van der Waals surface area contributed by atoms with E-state index in [4.69, 9.17) is 0 Å². The van der Waals surface area contributed by atoms with E-state index in [0.29, 0.717) is 5.54 Å². The molecule has 0 aromatic carbocycles. The van der Waals surface area contributed by atoms with Gasteiger partial charge in [-0.2, -0.15) is 0 Å². The van der Waals surface area contributed by atoms with E-state index in [1.165, 1.54) is 24.8 Å². The van der Waals surface area contributed by atoms with Crippen molar-refractivity contribution in [2.45, 2.75) is 38.7 Å². The quantitative estimate of drug-likeness (QED) is 0.436. The molecule has 1 nitrogen and oxygen atoms in total. The Morgan fingerprint density at radius 1 is 1.42 bits per heavy atom. The van der Waals surface area contributed by atoms with Gasteiger partial charge in [0, 0.05) is 0 Å². The lowest BCUT2D eigenvalue weighted by atomic mass is 9.91. The molecular formula is C10H17OSi. The smallest absolute Gasteiger partial charge is 0.214 e. The molecule has 0 amide bonds. The summed E-state index contributed by atoms with van der Waals surface area (Å²) in [6.07, 6.45) is 4.07. The molecule has 0 spiro atoms. The van der Waals surface area contributed by atoms with Gasteiger partial charge in [0.2, 0.25) is 9.76 Å². The van der Waals surface area contributed by atoms with E-state index in [-0.39, 0.29) is 0 Å². The van der Waals surface area contributed by atoms with Gasteiger partial charge in [-0.25, -0.2) is 0 Å². The van der Waals surface area contributed by atoms with Gasteiger partial charge in [0.1, 0.15) is 0 Å². The molecule has 2 rings (SSSR count). The molecule has 0 heterocycles. The third-order valence-corrected chi connectivity index (χ3v) is 5.10. The minimum atomic E-state index is -1.04. The van der Waals surface area contributed by atoms with Crippen LogP contribution in [0, 0.1) is 11.8 Å². The summed E-state index contributed by atoms with van der Waals surface area (Å²) in [6.45, 7) is 4.38. The third-order valence-electron chi connectivity index (χ3n) is 3.64. The summed E-state index contributed by atoms with van der Waals surface area (Å²) in [5, 5.41) is 0. The average molecular weight is 181 g/mol. The van der Waals surface area contributed by atoms with E-state index >= 15 is 0 Å². The fraction of sp³-hybridized carbons (Fsp3) is 0.800. The lowest BCUT2D eigenvalue weighted by Gasteiger charge is -2.23. The number of fused-ring (bicyclic) bond motifs is 2. The number of rotatable bonds is 1. The van der Waals surface area contributed by atoms with Gasteiger partial charge in [-0.15, -0.1) is 0 Å². The van der Waals surface area contributed by atoms with Crippen LogP contribution in [0.2, 0.25) is 5.54 Å². The molecule has 0 saturated heterocycles. The van der Waals surface area contributed by atoms with Gasteiger partial charge in [-0.05, 0) is 50.5 Å². The van der Waals surface area contributed by atoms with Crippen molar-refractivity contribution in [3.63, 3.8) is 0 Å². The SMILES string of the molecule is CC(C)=C1C2CCC(C2)C1[SiH2][O]. The van der Waals surface area contributed by atoms with Crippen LogP contribution in [0.3, 0.4) is 0 Å². The van der Waals surface area contributed by atoms with Crippen molar-refractivity contribution in [2.24, 2.45) is 11.8 Å². The van der Waals surface area contributed by atoms with Gasteiger partial charge in [-0.1, -0.05) is 11.1 Å². The Labute approximate surface area is 76.8 Å². The van der Waals surface area contributed by atoms with Crippen molar-refractivity contribution in [1.82, 2.24) is 0 Å². The maximum atomic E-state index is 11.1. The zero-order valence-electron chi connectivity index (χ0n) is 7.97. The van der Waals surface area contributed by atoms with Crippen LogP contribution in [0.4, 0.5) is 0 Å². The molecular weight excluding hydrogens is 164 g/mol. The lowest BCUT2D eigenvalue weighted by molar-refractivity contribution is 0.434. The molecule has 0 aliphatic heterocycles. The Kier molecular flexibility index (Phi) is 2.13. The van der Waals surface area contributed by atoms with Crippen molar-refractivity contribution < 1.29 is 4.80 Å². The molecule has 0 aromatic heterocycles. The molecule has 67 valence electrons. The first-order chi connectivity index (χ1) is 5.74. The van der Waals surface area contributed by atoms with Crippen LogP contribution in [-0.2, 0) is 4.80 Å². The Balaban J connectivity index is 2.28. The van der Waals surface area contributed by atoms with Gasteiger partial charge < -0.3 is 4.80 Å². The summed E-state index contributed by atoms with van der Waals surface area (Å²) in [5.74, 6) is 1.63. The molecule has 2 bridgehead atoms. The Morgan fingerprint density at radius 2 is 2.17 bits per heavy atom. The predicted molar refractivity (Wildman–Crippen MR) is 52.2 cm³/mol. The summed E-state index contributed by atoms with van der Waals surface area (Å²) in [5.41, 5.74) is 3.59. The molecule has 2 saturated carbocycles. The van der Waals surface area contributed by atoms with Crippen molar-refractivity contribution in [2.75, 3.05) is 0 Å². The van der Waals surface area contributed by atoms with E-state index < -0.39 is 9.76 Å². The maximum Gasteiger partial charge on any atom is 0.214 e. The summed E-state index contributed by atoms with van der Waals surface area (Å²) in [4.78, 5) is 11.1. The highest BCUT2D eigenvalue weighted by Crippen LogP contribution is 2.55. The van der Waals surface area contributed by atoms with Crippen molar-refractivity contribution >= 4 is 9.76 Å². The third kappa shape index (κ3) is 1.09. The van der Waals surface area contributed by atoms with Gasteiger partial charge in [0.05, 0.1) is 0 Å². The van der Waals surface area contributed by atoms with Gasteiger partial charge in [0.15, 0.2) is 0 Å². The van der Waals surface area contributed by atoms with Crippen LogP contribution in [0.15, 0.2) is 11.1 Å². The maximum absolute atomic E-state index is 11.1. The molecule has 3 atom stereocenters. The Bertz CT molecular complexity index is 218. The number of hydrogen-bond donors (Lipinski definition) is 0. The first kappa shape index (κ1) is 8.51. The minimum Gasteiger partial charge on any atom is -0.306 e. The van der Waals surface area contributed by atoms with E-state index in [0.717, 1.165) is 11.8 Å². The van der Waals surface area contributed by atoms with E-state index in [1.807, 2.05) is 0 Å². The fourth-order valence-corrected chi connectivity index (χ4v) is 4.85. The second-order valence-corrected chi connectivity index (χ2v) is 5.71. The lowest BCUT2D eigenvalue weighted by Crippen LogP contribution is -2.14. The number of hydrogen-bond acceptors (Lipinski definition) is 0. The van der Waals surface area contributed by atoms with Gasteiger partial charge in [0.25, 0.3) is 0 Å². The molecule has 2 heteroatoms. The van der Waals surface area contributed by atoms with Crippen molar-refractivity contribution in [3.05, 3.63) is 11.1 Å². The van der Waals surface area contributed by atoms with Crippen LogP contribution in [-0.4, -0.2) is 9.76 Å². The molecule has 3 unspecified atom stereocenters. The summed E-state index contributed by atoms with van der Waals surface area (Å²) < 4.78 is 0. The van der Waals surface area contributed by atoms with E-state index in [1.54, 1.807) is 5.57 Å². The monoisotopic (exact) mass is 181 g/mol. The number of allylic oxidation sites excluding steroid dienone is 2. The average Bonchev–Trinajstić information content (AvgIpc) is 2.60. The normalized spacial score (nSPS) is 40.2. The predicted octanol–water partition coefficient (Wildman–Crippen LogP) is 2.06. The largest absolute Gasteiger partial charge is 0.306 e. The highest BCUT2D eigenvalue weighted by atomic mass is 28.2. The zero-order valence-corrected chi connectivity index (χ0v) is 9.38. The molecule has 1 radical (unpaired) electrons. The molecule has 0 N–H and O–H groups in total. The summed E-state index contributed by atoms with van der Waals surface area (Å²) in [7, 11) is -1.04. The first-order valence-corrected chi connectivity index (χ1v) is 6.38. The fourth-order valence-electron chi connectivity index (χ4n) is 3.23. The first-order valence-electron chi connectivity index (χ1n) is 4.99. The van der Waals surface area contributed by atoms with Crippen molar-refractivity contribution in [3.8, 4) is 0 Å². The van der Waals surface area contributed by atoms with E-state index in [2.05, 4.69) is 13.8 Å². The van der Waals surface area contributed by atoms with Crippen LogP contribution in [0.1, 0.15) is 33.1 Å². The second kappa shape index (κ2) is 3.00. The van der Waals surface area contributed by atoms with Crippen molar-refractivity contribution in [1.29, 1.82) is 0 Å². The summed E-state index contributed by atoms with van der Waals surface area (Å²) in [6, 6.07) is 0. The Hall–Kier alpha value is -0.0831. The van der Waals surface area contributed by atoms with Crippen LogP contribution in [0.25, 0.3) is 0 Å². The van der Waals surface area contributed by atoms with Crippen LogP contribution >= 0.6 is 0 Å². The second-order valence-electron chi connectivity index (χ2n) is 4.50. The van der Waals surface area contributed by atoms with Crippen LogP contribution in [0.5, 0.6) is 0 Å². The Morgan fingerprint density at radius 3 is 2.67 bits per heavy atom. The highest BCUT2D eigenvalue weighted by molar-refractivity contribution is 6.29. The van der Waals surface area contributed by atoms with E-state index in [9.17, 15) is 4.80 Å². The standard InChI is InChI=1S/C10H17OSi/c1-6(2)9-7-3-4-8(5-7)10(9)12-11/h7-8,10H,3-5,12H2,1-2H3. The zero-order chi connectivity index (χ0) is 8.72. The molecule has 0 aromatic rings. The van der Waals surface area contributed by atoms with Crippen LogP contribution < -0.4 is 0 Å². The van der Waals surface area contributed by atoms with Gasteiger partial charge >= 0.3 is 0 Å². The topological polar surface area (TPSA) is 19.9 Å². The molecule has 12 heavy (non-hydrogen) atoms.